The van der Waals surface area contributed by atoms with Gasteiger partial charge < -0.3 is 9.84 Å². The normalized spacial score (nSPS) is 11.4. The maximum atomic E-state index is 12.3. The van der Waals surface area contributed by atoms with Crippen LogP contribution in [0, 0.1) is 0 Å². The van der Waals surface area contributed by atoms with E-state index >= 15 is 0 Å². The van der Waals surface area contributed by atoms with Crippen molar-refractivity contribution < 1.29 is 27.9 Å². The van der Waals surface area contributed by atoms with E-state index in [1.165, 1.54) is 26.3 Å². The van der Waals surface area contributed by atoms with Gasteiger partial charge in [-0.3, -0.25) is 4.79 Å². The molecule has 21 heavy (non-hydrogen) atoms. The lowest BCUT2D eigenvalue weighted by Gasteiger charge is -2.17. The number of sulfonamides is 1. The van der Waals surface area contributed by atoms with Crippen molar-refractivity contribution in [2.24, 2.45) is 0 Å². The lowest BCUT2D eigenvalue weighted by atomic mass is 10.2. The summed E-state index contributed by atoms with van der Waals surface area (Å²) in [5, 5.41) is 8.89. The van der Waals surface area contributed by atoms with Crippen LogP contribution in [-0.2, 0) is 19.6 Å². The summed E-state index contributed by atoms with van der Waals surface area (Å²) in [6, 6.07) is 3.39. The molecule has 0 atom stereocenters. The van der Waals surface area contributed by atoms with Gasteiger partial charge in [-0.25, -0.2) is 17.5 Å². The van der Waals surface area contributed by atoms with E-state index in [0.717, 1.165) is 10.4 Å². The highest BCUT2D eigenvalue weighted by Gasteiger charge is 2.23. The zero-order chi connectivity index (χ0) is 16.2. The Hall–Kier alpha value is -1.64. The molecule has 1 N–H and O–H groups in total. The summed E-state index contributed by atoms with van der Waals surface area (Å²) in [4.78, 5) is 21.8. The van der Waals surface area contributed by atoms with Gasteiger partial charge in [0.15, 0.2) is 0 Å². The Bertz CT molecular complexity index is 658. The van der Waals surface area contributed by atoms with E-state index in [1.54, 1.807) is 0 Å². The molecular weight excluding hydrogens is 322 g/mol. The van der Waals surface area contributed by atoms with Crippen LogP contribution in [0.2, 0.25) is 5.02 Å². The Balaban J connectivity index is 3.05. The fraction of sp³-hybridized carbons (Fsp3) is 0.333. The molecule has 0 aliphatic heterocycles. The number of esters is 1. The lowest BCUT2D eigenvalue weighted by molar-refractivity contribution is -0.140. The van der Waals surface area contributed by atoms with Crippen LogP contribution < -0.4 is 0 Å². The smallest absolute Gasteiger partial charge is 0.337 e. The largest absolute Gasteiger partial charge is 0.478 e. The highest BCUT2D eigenvalue weighted by molar-refractivity contribution is 7.89. The molecule has 0 aliphatic carbocycles. The molecule has 0 unspecified atom stereocenters. The van der Waals surface area contributed by atoms with Crippen molar-refractivity contribution in [3.8, 4) is 0 Å². The second-order valence-corrected chi connectivity index (χ2v) is 6.55. The molecule has 0 aliphatic rings. The predicted octanol–water partition coefficient (Wildman–Crippen LogP) is 1.22. The first-order valence-corrected chi connectivity index (χ1v) is 7.58. The van der Waals surface area contributed by atoms with Crippen molar-refractivity contribution >= 4 is 33.6 Å². The zero-order valence-electron chi connectivity index (χ0n) is 11.4. The number of hydrogen-bond acceptors (Lipinski definition) is 5. The monoisotopic (exact) mass is 335 g/mol. The van der Waals surface area contributed by atoms with E-state index in [-0.39, 0.29) is 28.4 Å². The highest BCUT2D eigenvalue weighted by Crippen LogP contribution is 2.22. The summed E-state index contributed by atoms with van der Waals surface area (Å²) in [6.07, 6.45) is -0.106. The van der Waals surface area contributed by atoms with Crippen LogP contribution >= 0.6 is 11.6 Å². The number of aromatic carboxylic acids is 1. The Morgan fingerprint density at radius 3 is 2.52 bits per heavy atom. The highest BCUT2D eigenvalue weighted by atomic mass is 35.5. The van der Waals surface area contributed by atoms with E-state index in [4.69, 9.17) is 16.7 Å². The molecular formula is C12H14ClNO6S. The minimum absolute atomic E-state index is 0.0568. The van der Waals surface area contributed by atoms with Gasteiger partial charge in [0.05, 0.1) is 29.0 Å². The van der Waals surface area contributed by atoms with Crippen LogP contribution in [0.25, 0.3) is 0 Å². The number of rotatable bonds is 6. The van der Waals surface area contributed by atoms with Crippen molar-refractivity contribution in [2.75, 3.05) is 20.7 Å². The molecule has 1 rings (SSSR count). The first-order valence-electron chi connectivity index (χ1n) is 5.76. The van der Waals surface area contributed by atoms with Gasteiger partial charge in [0.2, 0.25) is 10.0 Å². The number of benzene rings is 1. The molecule has 0 radical (unpaired) electrons. The number of carbonyl (C=O) groups excluding carboxylic acids is 1. The summed E-state index contributed by atoms with van der Waals surface area (Å²) in [7, 11) is -1.42. The molecule has 0 amide bonds. The lowest BCUT2D eigenvalue weighted by Crippen LogP contribution is -2.29. The van der Waals surface area contributed by atoms with Crippen molar-refractivity contribution in [3.63, 3.8) is 0 Å². The van der Waals surface area contributed by atoms with E-state index in [2.05, 4.69) is 4.74 Å². The molecule has 0 saturated carbocycles. The number of methoxy groups -OCH3 is 1. The van der Waals surface area contributed by atoms with E-state index in [9.17, 15) is 18.0 Å². The maximum absolute atomic E-state index is 12.3. The van der Waals surface area contributed by atoms with Crippen molar-refractivity contribution in [1.29, 1.82) is 0 Å². The van der Waals surface area contributed by atoms with E-state index < -0.39 is 22.0 Å². The standard InChI is InChI=1S/C12H14ClNO6S/c1-14(6-5-11(15)20-2)21(18,19)8-3-4-10(13)9(7-8)12(16)17/h3-4,7H,5-6H2,1-2H3,(H,16,17). The third-order valence-electron chi connectivity index (χ3n) is 2.73. The second kappa shape index (κ2) is 6.88. The Morgan fingerprint density at radius 1 is 1.38 bits per heavy atom. The van der Waals surface area contributed by atoms with Gasteiger partial charge in [0.1, 0.15) is 0 Å². The molecule has 0 spiro atoms. The summed E-state index contributed by atoms with van der Waals surface area (Å²) < 4.78 is 29.9. The second-order valence-electron chi connectivity index (χ2n) is 4.10. The fourth-order valence-corrected chi connectivity index (χ4v) is 2.88. The maximum Gasteiger partial charge on any atom is 0.337 e. The molecule has 0 fully saturated rings. The topological polar surface area (TPSA) is 101 Å². The van der Waals surface area contributed by atoms with Crippen molar-refractivity contribution in [3.05, 3.63) is 28.8 Å². The number of halogens is 1. The number of carbonyl (C=O) groups is 2. The van der Waals surface area contributed by atoms with Crippen molar-refractivity contribution in [2.45, 2.75) is 11.3 Å². The Morgan fingerprint density at radius 2 is 2.00 bits per heavy atom. The summed E-state index contributed by atoms with van der Waals surface area (Å²) in [6.45, 7) is -0.0833. The molecule has 1 aromatic rings. The minimum atomic E-state index is -3.91. The van der Waals surface area contributed by atoms with Gasteiger partial charge in [-0.05, 0) is 18.2 Å². The SMILES string of the molecule is COC(=O)CCN(C)S(=O)(=O)c1ccc(Cl)c(C(=O)O)c1. The zero-order valence-corrected chi connectivity index (χ0v) is 12.9. The molecule has 116 valence electrons. The number of carboxylic acids is 1. The van der Waals surface area contributed by atoms with Gasteiger partial charge in [0.25, 0.3) is 0 Å². The number of nitrogens with zero attached hydrogens (tertiary/aromatic N) is 1. The first-order chi connectivity index (χ1) is 9.70. The van der Waals surface area contributed by atoms with Crippen LogP contribution in [0.3, 0.4) is 0 Å². The third kappa shape index (κ3) is 4.16. The molecule has 0 heterocycles. The predicted molar refractivity (Wildman–Crippen MR) is 74.9 cm³/mol. The first kappa shape index (κ1) is 17.4. The van der Waals surface area contributed by atoms with Gasteiger partial charge in [-0.15, -0.1) is 0 Å². The van der Waals surface area contributed by atoms with Crippen LogP contribution in [0.5, 0.6) is 0 Å². The van der Waals surface area contributed by atoms with Crippen molar-refractivity contribution in [1.82, 2.24) is 4.31 Å². The summed E-state index contributed by atoms with van der Waals surface area (Å²) in [5.41, 5.74) is -0.306. The van der Waals surface area contributed by atoms with Crippen LogP contribution in [-0.4, -0.2) is 50.5 Å². The Kier molecular flexibility index (Phi) is 5.70. The average Bonchev–Trinajstić information content (AvgIpc) is 2.43. The molecule has 0 saturated heterocycles. The van der Waals surface area contributed by atoms with Gasteiger partial charge in [-0.2, -0.15) is 0 Å². The van der Waals surface area contributed by atoms with Gasteiger partial charge in [0, 0.05) is 13.6 Å². The number of ether oxygens (including phenoxy) is 1. The summed E-state index contributed by atoms with van der Waals surface area (Å²) in [5.74, 6) is -1.87. The summed E-state index contributed by atoms with van der Waals surface area (Å²) >= 11 is 5.69. The molecule has 0 aromatic heterocycles. The minimum Gasteiger partial charge on any atom is -0.478 e. The molecule has 0 bridgehead atoms. The number of hydrogen-bond donors (Lipinski definition) is 1. The third-order valence-corrected chi connectivity index (χ3v) is 4.92. The van der Waals surface area contributed by atoms with Crippen LogP contribution in [0.1, 0.15) is 16.8 Å². The average molecular weight is 336 g/mol. The van der Waals surface area contributed by atoms with E-state index in [0.29, 0.717) is 0 Å². The number of carboxylic acid groups (broad SMARTS) is 1. The van der Waals surface area contributed by atoms with Gasteiger partial charge in [-0.1, -0.05) is 11.6 Å². The van der Waals surface area contributed by atoms with Gasteiger partial charge >= 0.3 is 11.9 Å². The Labute approximate surface area is 127 Å². The van der Waals surface area contributed by atoms with Crippen LogP contribution in [0.4, 0.5) is 0 Å². The molecule has 7 nitrogen and oxygen atoms in total. The van der Waals surface area contributed by atoms with Crippen LogP contribution in [0.15, 0.2) is 23.1 Å². The van der Waals surface area contributed by atoms with E-state index in [1.807, 2.05) is 0 Å². The molecule has 1 aromatic carbocycles. The fourth-order valence-electron chi connectivity index (χ4n) is 1.48. The molecule has 9 heteroatoms. The quantitative estimate of drug-likeness (QED) is 0.784.